The van der Waals surface area contributed by atoms with Gasteiger partial charge in [-0.1, -0.05) is 19.1 Å². The zero-order valence-corrected chi connectivity index (χ0v) is 12.5. The molecule has 0 heterocycles. The van der Waals surface area contributed by atoms with E-state index < -0.39 is 27.7 Å². The molecule has 0 aromatic heterocycles. The van der Waals surface area contributed by atoms with Gasteiger partial charge in [-0.05, 0) is 23.6 Å². The van der Waals surface area contributed by atoms with Crippen LogP contribution in [0.15, 0.2) is 24.3 Å². The summed E-state index contributed by atoms with van der Waals surface area (Å²) in [6, 6.07) is 6.32. The first kappa shape index (κ1) is 17.0. The SMILES string of the molecule is COC(=O)CS(=O)(=O)Nc1ccc(C(C)CC(=O)O)cc1. The minimum atomic E-state index is -3.82. The molecule has 0 aliphatic carbocycles. The molecule has 0 aliphatic rings. The van der Waals surface area contributed by atoms with Gasteiger partial charge < -0.3 is 9.84 Å². The number of aliphatic carboxylic acids is 1. The number of carbonyl (C=O) groups is 2. The minimum Gasteiger partial charge on any atom is -0.481 e. The van der Waals surface area contributed by atoms with E-state index in [0.29, 0.717) is 5.69 Å². The Kier molecular flexibility index (Phi) is 5.71. The largest absolute Gasteiger partial charge is 0.481 e. The van der Waals surface area contributed by atoms with E-state index in [1.807, 2.05) is 0 Å². The Hall–Kier alpha value is -2.09. The van der Waals surface area contributed by atoms with Gasteiger partial charge in [0, 0.05) is 5.69 Å². The Labute approximate surface area is 123 Å². The number of methoxy groups -OCH3 is 1. The van der Waals surface area contributed by atoms with Crippen molar-refractivity contribution in [1.29, 1.82) is 0 Å². The van der Waals surface area contributed by atoms with E-state index in [-0.39, 0.29) is 12.3 Å². The molecule has 8 heteroatoms. The molecule has 0 spiro atoms. The van der Waals surface area contributed by atoms with Crippen molar-refractivity contribution in [3.63, 3.8) is 0 Å². The van der Waals surface area contributed by atoms with Gasteiger partial charge in [-0.15, -0.1) is 0 Å². The van der Waals surface area contributed by atoms with Crippen molar-refractivity contribution in [2.24, 2.45) is 0 Å². The number of sulfonamides is 1. The summed E-state index contributed by atoms with van der Waals surface area (Å²) in [4.78, 5) is 21.6. The summed E-state index contributed by atoms with van der Waals surface area (Å²) >= 11 is 0. The number of benzene rings is 1. The molecule has 1 rings (SSSR count). The Bertz CT molecular complexity index is 608. The van der Waals surface area contributed by atoms with Crippen molar-refractivity contribution in [2.45, 2.75) is 19.3 Å². The number of rotatable bonds is 7. The van der Waals surface area contributed by atoms with E-state index in [2.05, 4.69) is 9.46 Å². The molecule has 1 aromatic rings. The summed E-state index contributed by atoms with van der Waals surface area (Å²) < 4.78 is 29.8. The van der Waals surface area contributed by atoms with Gasteiger partial charge in [0.15, 0.2) is 5.75 Å². The van der Waals surface area contributed by atoms with Gasteiger partial charge in [-0.3, -0.25) is 14.3 Å². The van der Waals surface area contributed by atoms with Crippen LogP contribution in [0.25, 0.3) is 0 Å². The highest BCUT2D eigenvalue weighted by molar-refractivity contribution is 7.93. The summed E-state index contributed by atoms with van der Waals surface area (Å²) in [6.45, 7) is 1.77. The zero-order chi connectivity index (χ0) is 16.0. The summed E-state index contributed by atoms with van der Waals surface area (Å²) in [5.74, 6) is -2.69. The average Bonchev–Trinajstić information content (AvgIpc) is 2.37. The summed E-state index contributed by atoms with van der Waals surface area (Å²) in [7, 11) is -2.71. The summed E-state index contributed by atoms with van der Waals surface area (Å²) in [5.41, 5.74) is 1.08. The summed E-state index contributed by atoms with van der Waals surface area (Å²) in [6.07, 6.45) is -0.00653. The van der Waals surface area contributed by atoms with E-state index in [1.165, 1.54) is 12.1 Å². The molecule has 1 unspecified atom stereocenters. The van der Waals surface area contributed by atoms with Crippen LogP contribution in [0.4, 0.5) is 5.69 Å². The van der Waals surface area contributed by atoms with Crippen LogP contribution in [0.5, 0.6) is 0 Å². The van der Waals surface area contributed by atoms with Crippen molar-refractivity contribution in [3.8, 4) is 0 Å². The van der Waals surface area contributed by atoms with E-state index >= 15 is 0 Å². The van der Waals surface area contributed by atoms with Gasteiger partial charge in [0.25, 0.3) is 0 Å². The van der Waals surface area contributed by atoms with Crippen molar-refractivity contribution in [2.75, 3.05) is 17.6 Å². The van der Waals surface area contributed by atoms with Crippen LogP contribution in [0.3, 0.4) is 0 Å². The quantitative estimate of drug-likeness (QED) is 0.731. The molecule has 7 nitrogen and oxygen atoms in total. The third-order valence-corrected chi connectivity index (χ3v) is 3.93. The van der Waals surface area contributed by atoms with Crippen LogP contribution in [0, 0.1) is 0 Å². The summed E-state index contributed by atoms with van der Waals surface area (Å²) in [5, 5.41) is 8.72. The van der Waals surface area contributed by atoms with E-state index in [9.17, 15) is 18.0 Å². The van der Waals surface area contributed by atoms with Crippen LogP contribution in [0.1, 0.15) is 24.8 Å². The van der Waals surface area contributed by atoms with Gasteiger partial charge in [0.2, 0.25) is 10.0 Å². The van der Waals surface area contributed by atoms with Crippen LogP contribution in [-0.4, -0.2) is 38.3 Å². The average molecular weight is 315 g/mol. The second-order valence-electron chi connectivity index (χ2n) is 4.56. The maximum Gasteiger partial charge on any atom is 0.322 e. The lowest BCUT2D eigenvalue weighted by atomic mass is 9.98. The molecule has 0 saturated heterocycles. The molecule has 116 valence electrons. The Morgan fingerprint density at radius 1 is 1.29 bits per heavy atom. The molecule has 2 N–H and O–H groups in total. The molecular weight excluding hydrogens is 298 g/mol. The van der Waals surface area contributed by atoms with Gasteiger partial charge in [0.05, 0.1) is 13.5 Å². The van der Waals surface area contributed by atoms with Gasteiger partial charge >= 0.3 is 11.9 Å². The van der Waals surface area contributed by atoms with Crippen molar-refractivity contribution in [3.05, 3.63) is 29.8 Å². The van der Waals surface area contributed by atoms with Crippen LogP contribution in [-0.2, 0) is 24.3 Å². The minimum absolute atomic E-state index is 0.00653. The molecule has 0 bridgehead atoms. The lowest BCUT2D eigenvalue weighted by Gasteiger charge is -2.11. The van der Waals surface area contributed by atoms with Crippen molar-refractivity contribution < 1.29 is 27.9 Å². The molecular formula is C13H17NO6S. The standard InChI is InChI=1S/C13H17NO6S/c1-9(7-12(15)16)10-3-5-11(6-4-10)14-21(18,19)8-13(17)20-2/h3-6,9,14H,7-8H2,1-2H3,(H,15,16). The number of nitrogens with one attached hydrogen (secondary N) is 1. The second-order valence-corrected chi connectivity index (χ2v) is 6.28. The fourth-order valence-electron chi connectivity index (χ4n) is 1.69. The fourth-order valence-corrected chi connectivity index (χ4v) is 2.68. The number of hydrogen-bond donors (Lipinski definition) is 2. The molecule has 0 aliphatic heterocycles. The van der Waals surface area contributed by atoms with E-state index in [4.69, 9.17) is 5.11 Å². The van der Waals surface area contributed by atoms with Crippen LogP contribution < -0.4 is 4.72 Å². The highest BCUT2D eigenvalue weighted by Crippen LogP contribution is 2.21. The molecule has 0 radical (unpaired) electrons. The lowest BCUT2D eigenvalue weighted by Crippen LogP contribution is -2.23. The third-order valence-electron chi connectivity index (χ3n) is 2.77. The molecule has 0 fully saturated rings. The molecule has 0 saturated carbocycles. The van der Waals surface area contributed by atoms with E-state index in [1.54, 1.807) is 19.1 Å². The fraction of sp³-hybridized carbons (Fsp3) is 0.385. The number of carboxylic acid groups (broad SMARTS) is 1. The van der Waals surface area contributed by atoms with E-state index in [0.717, 1.165) is 12.7 Å². The van der Waals surface area contributed by atoms with Gasteiger partial charge in [-0.2, -0.15) is 0 Å². The molecule has 1 atom stereocenters. The topological polar surface area (TPSA) is 110 Å². The number of hydrogen-bond acceptors (Lipinski definition) is 5. The van der Waals surface area contributed by atoms with Gasteiger partial charge in [0.1, 0.15) is 0 Å². The van der Waals surface area contributed by atoms with Gasteiger partial charge in [-0.25, -0.2) is 8.42 Å². The zero-order valence-electron chi connectivity index (χ0n) is 11.7. The second kappa shape index (κ2) is 7.07. The first-order valence-corrected chi connectivity index (χ1v) is 7.78. The van der Waals surface area contributed by atoms with Crippen LogP contribution in [0.2, 0.25) is 0 Å². The number of carbonyl (C=O) groups excluding carboxylic acids is 1. The lowest BCUT2D eigenvalue weighted by molar-refractivity contribution is -0.138. The normalized spacial score (nSPS) is 12.5. The monoisotopic (exact) mass is 315 g/mol. The maximum atomic E-state index is 11.6. The smallest absolute Gasteiger partial charge is 0.322 e. The number of carboxylic acids is 1. The highest BCUT2D eigenvalue weighted by Gasteiger charge is 2.17. The maximum absolute atomic E-state index is 11.6. The Morgan fingerprint density at radius 3 is 2.33 bits per heavy atom. The number of anilines is 1. The predicted molar refractivity (Wildman–Crippen MR) is 76.5 cm³/mol. The molecule has 1 aromatic carbocycles. The number of esters is 1. The molecule has 21 heavy (non-hydrogen) atoms. The third kappa shape index (κ3) is 5.82. The number of ether oxygens (including phenoxy) is 1. The Morgan fingerprint density at radius 2 is 1.86 bits per heavy atom. The van der Waals surface area contributed by atoms with Crippen LogP contribution >= 0.6 is 0 Å². The predicted octanol–water partition coefficient (Wildman–Crippen LogP) is 1.18. The Balaban J connectivity index is 2.75. The first-order valence-electron chi connectivity index (χ1n) is 6.12. The van der Waals surface area contributed by atoms with Crippen molar-refractivity contribution in [1.82, 2.24) is 0 Å². The molecule has 0 amide bonds. The highest BCUT2D eigenvalue weighted by atomic mass is 32.2. The van der Waals surface area contributed by atoms with Crippen molar-refractivity contribution >= 4 is 27.6 Å². The first-order chi connectivity index (χ1) is 9.73.